The predicted molar refractivity (Wildman–Crippen MR) is 89.7 cm³/mol. The van der Waals surface area contributed by atoms with Gasteiger partial charge in [0.25, 0.3) is 0 Å². The summed E-state index contributed by atoms with van der Waals surface area (Å²) in [6.07, 6.45) is 3.37. The molecular weight excluding hydrogens is 274 g/mol. The zero-order valence-corrected chi connectivity index (χ0v) is 13.2. The molecule has 0 saturated carbocycles. The molecule has 0 unspecified atom stereocenters. The van der Waals surface area contributed by atoms with Crippen molar-refractivity contribution in [1.29, 1.82) is 0 Å². The second kappa shape index (κ2) is 7.46. The molecule has 0 fully saturated rings. The quantitative estimate of drug-likeness (QED) is 0.788. The van der Waals surface area contributed by atoms with Crippen molar-refractivity contribution in [3.05, 3.63) is 71.3 Å². The number of carbonyl (C=O) groups is 1. The van der Waals surface area contributed by atoms with Crippen LogP contribution < -0.4 is 4.74 Å². The van der Waals surface area contributed by atoms with Crippen molar-refractivity contribution in [1.82, 2.24) is 4.90 Å². The fourth-order valence-electron chi connectivity index (χ4n) is 2.21. The fraction of sp³-hybridized carbons (Fsp3) is 0.211. The third kappa shape index (κ3) is 3.98. The van der Waals surface area contributed by atoms with E-state index in [0.29, 0.717) is 6.54 Å². The van der Waals surface area contributed by atoms with E-state index in [2.05, 4.69) is 13.0 Å². The van der Waals surface area contributed by atoms with Crippen LogP contribution in [0.2, 0.25) is 0 Å². The van der Waals surface area contributed by atoms with Gasteiger partial charge < -0.3 is 9.64 Å². The minimum atomic E-state index is -0.0332. The van der Waals surface area contributed by atoms with Crippen LogP contribution in [0.5, 0.6) is 5.75 Å². The minimum absolute atomic E-state index is 0.0332. The molecule has 2 rings (SSSR count). The van der Waals surface area contributed by atoms with Crippen LogP contribution in [0, 0.1) is 6.92 Å². The molecule has 0 aliphatic carbocycles. The van der Waals surface area contributed by atoms with Crippen LogP contribution in [0.15, 0.2) is 54.6 Å². The van der Waals surface area contributed by atoms with Gasteiger partial charge in [0.15, 0.2) is 0 Å². The zero-order valence-electron chi connectivity index (χ0n) is 13.2. The van der Waals surface area contributed by atoms with Crippen molar-refractivity contribution in [2.45, 2.75) is 13.5 Å². The molecule has 0 N–H and O–H groups in total. The topological polar surface area (TPSA) is 29.5 Å². The molecule has 0 saturated heterocycles. The molecule has 0 aliphatic heterocycles. The smallest absolute Gasteiger partial charge is 0.246 e. The number of hydrogen-bond acceptors (Lipinski definition) is 2. The third-order valence-electron chi connectivity index (χ3n) is 3.59. The second-order valence-electron chi connectivity index (χ2n) is 5.20. The number of ether oxygens (including phenoxy) is 1. The van der Waals surface area contributed by atoms with Crippen LogP contribution in [0.1, 0.15) is 16.7 Å². The van der Waals surface area contributed by atoms with Crippen molar-refractivity contribution in [2.24, 2.45) is 0 Å². The molecule has 0 aliphatic rings. The summed E-state index contributed by atoms with van der Waals surface area (Å²) in [6, 6.07) is 15.7. The summed E-state index contributed by atoms with van der Waals surface area (Å²) < 4.78 is 5.27. The molecule has 0 heterocycles. The summed E-state index contributed by atoms with van der Waals surface area (Å²) in [4.78, 5) is 13.9. The van der Waals surface area contributed by atoms with Gasteiger partial charge in [0.1, 0.15) is 5.75 Å². The number of para-hydroxylation sites is 1. The second-order valence-corrected chi connectivity index (χ2v) is 5.20. The molecule has 0 spiro atoms. The lowest BCUT2D eigenvalue weighted by atomic mass is 10.1. The normalized spacial score (nSPS) is 10.7. The first-order chi connectivity index (χ1) is 10.6. The van der Waals surface area contributed by atoms with E-state index in [1.165, 1.54) is 5.56 Å². The average Bonchev–Trinajstić information content (AvgIpc) is 2.54. The van der Waals surface area contributed by atoms with E-state index >= 15 is 0 Å². The highest BCUT2D eigenvalue weighted by atomic mass is 16.5. The van der Waals surface area contributed by atoms with E-state index in [4.69, 9.17) is 4.74 Å². The van der Waals surface area contributed by atoms with Gasteiger partial charge in [-0.2, -0.15) is 0 Å². The average molecular weight is 295 g/mol. The summed E-state index contributed by atoms with van der Waals surface area (Å²) >= 11 is 0. The van der Waals surface area contributed by atoms with Crippen molar-refractivity contribution >= 4 is 12.0 Å². The van der Waals surface area contributed by atoms with Gasteiger partial charge in [0.2, 0.25) is 5.91 Å². The van der Waals surface area contributed by atoms with Crippen LogP contribution in [0.3, 0.4) is 0 Å². The molecule has 0 radical (unpaired) electrons. The number of nitrogens with zero attached hydrogens (tertiary/aromatic N) is 1. The lowest BCUT2D eigenvalue weighted by Gasteiger charge is -2.16. The first-order valence-corrected chi connectivity index (χ1v) is 7.22. The Hall–Kier alpha value is -2.55. The number of benzene rings is 2. The SMILES string of the molecule is COc1ccccc1C=CC(=O)N(C)Cc1ccccc1C. The van der Waals surface area contributed by atoms with Crippen molar-refractivity contribution in [3.63, 3.8) is 0 Å². The molecule has 2 aromatic carbocycles. The monoisotopic (exact) mass is 295 g/mol. The Bertz CT molecular complexity index is 677. The first-order valence-electron chi connectivity index (χ1n) is 7.22. The fourth-order valence-corrected chi connectivity index (χ4v) is 2.21. The van der Waals surface area contributed by atoms with E-state index < -0.39 is 0 Å². The Kier molecular flexibility index (Phi) is 5.37. The molecule has 0 bridgehead atoms. The number of amides is 1. The number of aryl methyl sites for hydroxylation is 1. The highest BCUT2D eigenvalue weighted by molar-refractivity contribution is 5.92. The first kappa shape index (κ1) is 15.8. The molecule has 1 amide bonds. The van der Waals surface area contributed by atoms with Gasteiger partial charge in [-0.15, -0.1) is 0 Å². The number of rotatable bonds is 5. The van der Waals surface area contributed by atoms with Gasteiger partial charge in [-0.3, -0.25) is 4.79 Å². The molecule has 3 heteroatoms. The van der Waals surface area contributed by atoms with Crippen LogP contribution in [-0.2, 0) is 11.3 Å². The molecule has 0 aromatic heterocycles. The highest BCUT2D eigenvalue weighted by Gasteiger charge is 2.07. The van der Waals surface area contributed by atoms with Gasteiger partial charge >= 0.3 is 0 Å². The molecule has 3 nitrogen and oxygen atoms in total. The largest absolute Gasteiger partial charge is 0.496 e. The summed E-state index contributed by atoms with van der Waals surface area (Å²) in [5, 5.41) is 0. The Balaban J connectivity index is 2.05. The van der Waals surface area contributed by atoms with E-state index in [1.54, 1.807) is 31.2 Å². The lowest BCUT2D eigenvalue weighted by molar-refractivity contribution is -0.125. The van der Waals surface area contributed by atoms with Crippen LogP contribution in [0.25, 0.3) is 6.08 Å². The van der Waals surface area contributed by atoms with Crippen LogP contribution in [0.4, 0.5) is 0 Å². The minimum Gasteiger partial charge on any atom is -0.496 e. The maximum absolute atomic E-state index is 12.2. The molecule has 22 heavy (non-hydrogen) atoms. The third-order valence-corrected chi connectivity index (χ3v) is 3.59. The van der Waals surface area contributed by atoms with Crippen molar-refractivity contribution < 1.29 is 9.53 Å². The van der Waals surface area contributed by atoms with Crippen molar-refractivity contribution in [2.75, 3.05) is 14.2 Å². The van der Waals surface area contributed by atoms with Gasteiger partial charge in [-0.1, -0.05) is 42.5 Å². The Morgan fingerprint density at radius 3 is 2.55 bits per heavy atom. The Morgan fingerprint density at radius 1 is 1.14 bits per heavy atom. The van der Waals surface area contributed by atoms with Gasteiger partial charge in [0.05, 0.1) is 7.11 Å². The van der Waals surface area contributed by atoms with E-state index in [9.17, 15) is 4.79 Å². The van der Waals surface area contributed by atoms with Crippen LogP contribution >= 0.6 is 0 Å². The number of methoxy groups -OCH3 is 1. The summed E-state index contributed by atoms with van der Waals surface area (Å²) in [7, 11) is 3.43. The van der Waals surface area contributed by atoms with Gasteiger partial charge in [-0.25, -0.2) is 0 Å². The number of likely N-dealkylation sites (N-methyl/N-ethyl adjacent to an activating group) is 1. The van der Waals surface area contributed by atoms with E-state index in [1.807, 2.05) is 42.5 Å². The molecule has 114 valence electrons. The van der Waals surface area contributed by atoms with Gasteiger partial charge in [-0.05, 0) is 30.2 Å². The number of hydrogen-bond donors (Lipinski definition) is 0. The van der Waals surface area contributed by atoms with Crippen LogP contribution in [-0.4, -0.2) is 25.0 Å². The van der Waals surface area contributed by atoms with E-state index in [-0.39, 0.29) is 5.91 Å². The molecular formula is C19H21NO2. The maximum atomic E-state index is 12.2. The molecule has 0 atom stereocenters. The van der Waals surface area contributed by atoms with Gasteiger partial charge in [0, 0.05) is 25.2 Å². The predicted octanol–water partition coefficient (Wildman–Crippen LogP) is 3.68. The van der Waals surface area contributed by atoms with E-state index in [0.717, 1.165) is 16.9 Å². The lowest BCUT2D eigenvalue weighted by Crippen LogP contribution is -2.24. The summed E-state index contributed by atoms with van der Waals surface area (Å²) in [5.41, 5.74) is 3.24. The van der Waals surface area contributed by atoms with Crippen molar-refractivity contribution in [3.8, 4) is 5.75 Å². The summed E-state index contributed by atoms with van der Waals surface area (Å²) in [6.45, 7) is 2.65. The zero-order chi connectivity index (χ0) is 15.9. The standard InChI is InChI=1S/C19H21NO2/c1-15-8-4-5-10-17(15)14-20(2)19(21)13-12-16-9-6-7-11-18(16)22-3/h4-13H,14H2,1-3H3. The Labute approximate surface area is 131 Å². The Morgan fingerprint density at radius 2 is 1.82 bits per heavy atom. The number of carbonyl (C=O) groups excluding carboxylic acids is 1. The summed E-state index contributed by atoms with van der Waals surface area (Å²) in [5.74, 6) is 0.724. The maximum Gasteiger partial charge on any atom is 0.246 e. The molecule has 2 aromatic rings. The highest BCUT2D eigenvalue weighted by Crippen LogP contribution is 2.18.